The van der Waals surface area contributed by atoms with Gasteiger partial charge in [0.05, 0.1) is 16.1 Å². The van der Waals surface area contributed by atoms with Crippen LogP contribution in [0, 0.1) is 12.7 Å². The van der Waals surface area contributed by atoms with Gasteiger partial charge in [-0.25, -0.2) is 9.37 Å². The van der Waals surface area contributed by atoms with Gasteiger partial charge in [0.25, 0.3) is 0 Å². The molecule has 0 saturated carbocycles. The van der Waals surface area contributed by atoms with Crippen LogP contribution in [0.1, 0.15) is 22.2 Å². The highest BCUT2D eigenvalue weighted by atomic mass is 32.1. The number of hydrogen-bond donors (Lipinski definition) is 1. The molecule has 0 saturated heterocycles. The minimum Gasteiger partial charge on any atom is -0.383 e. The van der Waals surface area contributed by atoms with Crippen molar-refractivity contribution in [2.24, 2.45) is 0 Å². The lowest BCUT2D eigenvalue weighted by Crippen LogP contribution is -1.99. The molecule has 2 aromatic rings. The van der Waals surface area contributed by atoms with Crippen molar-refractivity contribution in [3.63, 3.8) is 0 Å². The van der Waals surface area contributed by atoms with Crippen LogP contribution in [-0.2, 0) is 0 Å². The fourth-order valence-corrected chi connectivity index (χ4v) is 2.18. The molecule has 1 atom stereocenters. The number of benzene rings is 1. The summed E-state index contributed by atoms with van der Waals surface area (Å²) in [5.74, 6) is -0.299. The van der Waals surface area contributed by atoms with E-state index in [4.69, 9.17) is 0 Å². The number of aliphatic hydroxyl groups is 1. The number of aliphatic hydroxyl groups excluding tert-OH is 1. The van der Waals surface area contributed by atoms with Crippen LogP contribution < -0.4 is 0 Å². The molecule has 1 aromatic carbocycles. The molecular weight excluding hydrogens is 213 g/mol. The van der Waals surface area contributed by atoms with Crippen LogP contribution in [-0.4, -0.2) is 10.1 Å². The second-order valence-electron chi connectivity index (χ2n) is 3.26. The predicted octanol–water partition coefficient (Wildman–Crippen LogP) is 2.67. The Bertz CT molecular complexity index is 452. The molecule has 0 radical (unpaired) electrons. The Kier molecular flexibility index (Phi) is 2.79. The molecule has 15 heavy (non-hydrogen) atoms. The lowest BCUT2D eigenvalue weighted by molar-refractivity contribution is 0.223. The van der Waals surface area contributed by atoms with Crippen LogP contribution in [0.15, 0.2) is 29.8 Å². The second-order valence-corrected chi connectivity index (χ2v) is 4.14. The molecule has 0 bridgehead atoms. The third-order valence-electron chi connectivity index (χ3n) is 2.22. The Morgan fingerprint density at radius 1 is 1.33 bits per heavy atom. The highest BCUT2D eigenvalue weighted by molar-refractivity contribution is 7.09. The van der Waals surface area contributed by atoms with Gasteiger partial charge in [0, 0.05) is 0 Å². The maximum Gasteiger partial charge on any atom is 0.123 e. The van der Waals surface area contributed by atoms with Crippen molar-refractivity contribution in [1.29, 1.82) is 0 Å². The van der Waals surface area contributed by atoms with E-state index in [-0.39, 0.29) is 5.82 Å². The number of thiazole rings is 1. The second kappa shape index (κ2) is 4.08. The average molecular weight is 223 g/mol. The van der Waals surface area contributed by atoms with Crippen LogP contribution in [0.5, 0.6) is 0 Å². The number of aryl methyl sites for hydroxylation is 1. The first-order valence-electron chi connectivity index (χ1n) is 4.52. The minimum absolute atomic E-state index is 0.299. The lowest BCUT2D eigenvalue weighted by Gasteiger charge is -2.09. The molecule has 4 heteroatoms. The smallest absolute Gasteiger partial charge is 0.123 e. The molecule has 0 amide bonds. The topological polar surface area (TPSA) is 33.1 Å². The summed E-state index contributed by atoms with van der Waals surface area (Å²) in [5.41, 5.74) is 3.19. The fraction of sp³-hybridized carbons (Fsp3) is 0.182. The van der Waals surface area contributed by atoms with Crippen LogP contribution in [0.4, 0.5) is 4.39 Å². The highest BCUT2D eigenvalue weighted by Gasteiger charge is 2.14. The van der Waals surface area contributed by atoms with Crippen molar-refractivity contribution in [3.8, 4) is 0 Å². The molecule has 78 valence electrons. The molecule has 2 rings (SSSR count). The zero-order valence-corrected chi connectivity index (χ0v) is 8.96. The third kappa shape index (κ3) is 2.06. The molecule has 0 aliphatic heterocycles. The van der Waals surface area contributed by atoms with Gasteiger partial charge >= 0.3 is 0 Å². The summed E-state index contributed by atoms with van der Waals surface area (Å²) in [6.45, 7) is 1.85. The van der Waals surface area contributed by atoms with Crippen molar-refractivity contribution in [1.82, 2.24) is 4.98 Å². The van der Waals surface area contributed by atoms with Gasteiger partial charge in [-0.15, -0.1) is 11.3 Å². The number of aromatic nitrogens is 1. The van der Waals surface area contributed by atoms with Crippen molar-refractivity contribution >= 4 is 11.3 Å². The highest BCUT2D eigenvalue weighted by Crippen LogP contribution is 2.27. The molecule has 1 aromatic heterocycles. The van der Waals surface area contributed by atoms with Crippen molar-refractivity contribution in [2.75, 3.05) is 0 Å². The molecule has 0 aliphatic carbocycles. The third-order valence-corrected chi connectivity index (χ3v) is 3.20. The first kappa shape index (κ1) is 10.3. The van der Waals surface area contributed by atoms with E-state index in [0.29, 0.717) is 5.56 Å². The Labute approximate surface area is 91.0 Å². The van der Waals surface area contributed by atoms with Crippen molar-refractivity contribution in [3.05, 3.63) is 51.7 Å². The fourth-order valence-electron chi connectivity index (χ4n) is 1.37. The summed E-state index contributed by atoms with van der Waals surface area (Å²) < 4.78 is 12.7. The van der Waals surface area contributed by atoms with Crippen molar-refractivity contribution < 1.29 is 9.50 Å². The predicted molar refractivity (Wildman–Crippen MR) is 57.3 cm³/mol. The van der Waals surface area contributed by atoms with E-state index in [9.17, 15) is 9.50 Å². The van der Waals surface area contributed by atoms with E-state index >= 15 is 0 Å². The normalized spacial score (nSPS) is 12.7. The minimum atomic E-state index is -0.710. The van der Waals surface area contributed by atoms with E-state index in [0.717, 1.165) is 10.6 Å². The van der Waals surface area contributed by atoms with E-state index < -0.39 is 6.10 Å². The van der Waals surface area contributed by atoms with E-state index in [1.54, 1.807) is 17.6 Å². The van der Waals surface area contributed by atoms with Crippen LogP contribution in [0.3, 0.4) is 0 Å². The van der Waals surface area contributed by atoms with Crippen LogP contribution in [0.25, 0.3) is 0 Å². The number of halogens is 1. The molecule has 2 nitrogen and oxygen atoms in total. The first-order valence-corrected chi connectivity index (χ1v) is 5.40. The summed E-state index contributed by atoms with van der Waals surface area (Å²) in [7, 11) is 0. The summed E-state index contributed by atoms with van der Waals surface area (Å²) >= 11 is 1.40. The maximum atomic E-state index is 12.7. The summed E-state index contributed by atoms with van der Waals surface area (Å²) in [4.78, 5) is 4.87. The van der Waals surface area contributed by atoms with Gasteiger partial charge in [-0.05, 0) is 24.6 Å². The van der Waals surface area contributed by atoms with Crippen molar-refractivity contribution in [2.45, 2.75) is 13.0 Å². The largest absolute Gasteiger partial charge is 0.383 e. The number of hydrogen-bond acceptors (Lipinski definition) is 3. The summed E-state index contributed by atoms with van der Waals surface area (Å²) in [6.07, 6.45) is -0.710. The summed E-state index contributed by atoms with van der Waals surface area (Å²) in [6, 6.07) is 5.85. The monoisotopic (exact) mass is 223 g/mol. The van der Waals surface area contributed by atoms with E-state index in [1.165, 1.54) is 23.5 Å². The van der Waals surface area contributed by atoms with Gasteiger partial charge < -0.3 is 5.11 Å². The lowest BCUT2D eigenvalue weighted by atomic mass is 10.1. The van der Waals surface area contributed by atoms with Gasteiger partial charge in [0.15, 0.2) is 0 Å². The molecule has 0 spiro atoms. The molecule has 0 fully saturated rings. The summed E-state index contributed by atoms with van der Waals surface area (Å²) in [5, 5.41) is 10.0. The average Bonchev–Trinajstić information content (AvgIpc) is 2.65. The Hall–Kier alpha value is -1.26. The Balaban J connectivity index is 2.32. The van der Waals surface area contributed by atoms with E-state index in [2.05, 4.69) is 4.98 Å². The zero-order chi connectivity index (χ0) is 10.8. The number of nitrogens with zero attached hydrogens (tertiary/aromatic N) is 1. The van der Waals surface area contributed by atoms with Gasteiger partial charge in [-0.2, -0.15) is 0 Å². The van der Waals surface area contributed by atoms with Crippen LogP contribution >= 0.6 is 11.3 Å². The van der Waals surface area contributed by atoms with E-state index in [1.807, 2.05) is 6.92 Å². The van der Waals surface area contributed by atoms with Gasteiger partial charge in [0.1, 0.15) is 11.9 Å². The first-order chi connectivity index (χ1) is 7.18. The SMILES string of the molecule is Cc1ncsc1[C@@H](O)c1ccc(F)cc1. The van der Waals surface area contributed by atoms with Gasteiger partial charge in [-0.1, -0.05) is 12.1 Å². The molecule has 1 heterocycles. The quantitative estimate of drug-likeness (QED) is 0.849. The molecule has 0 aliphatic rings. The zero-order valence-electron chi connectivity index (χ0n) is 8.14. The van der Waals surface area contributed by atoms with Crippen LogP contribution in [0.2, 0.25) is 0 Å². The Morgan fingerprint density at radius 3 is 2.53 bits per heavy atom. The standard InChI is InChI=1S/C11H10FNOS/c1-7-11(15-6-13-7)10(14)8-2-4-9(12)5-3-8/h2-6,10,14H,1H3/t10-/m0/s1. The number of rotatable bonds is 2. The Morgan fingerprint density at radius 2 is 2.00 bits per heavy atom. The van der Waals surface area contributed by atoms with Gasteiger partial charge in [-0.3, -0.25) is 0 Å². The molecular formula is C11H10FNOS. The van der Waals surface area contributed by atoms with Gasteiger partial charge in [0.2, 0.25) is 0 Å². The maximum absolute atomic E-state index is 12.7. The molecule has 0 unspecified atom stereocenters. The molecule has 1 N–H and O–H groups in total.